The van der Waals surface area contributed by atoms with E-state index in [1.165, 1.54) is 39.9 Å². The van der Waals surface area contributed by atoms with E-state index in [0.29, 0.717) is 0 Å². The van der Waals surface area contributed by atoms with Gasteiger partial charge in [0.05, 0.1) is 0 Å². The second-order valence-electron chi connectivity index (χ2n) is 6.50. The topological polar surface area (TPSA) is 0 Å². The Morgan fingerprint density at radius 3 is 1.32 bits per heavy atom. The zero-order valence-electron chi connectivity index (χ0n) is 15.3. The molecule has 3 aromatic carbocycles. The Morgan fingerprint density at radius 2 is 0.920 bits per heavy atom. The normalized spacial score (nSPS) is 11.0. The van der Waals surface area contributed by atoms with Crippen LogP contribution in [0.3, 0.4) is 0 Å². The molecule has 0 aliphatic heterocycles. The summed E-state index contributed by atoms with van der Waals surface area (Å²) in [6.07, 6.45) is 4.72. The number of benzene rings is 3. The van der Waals surface area contributed by atoms with Crippen LogP contribution in [0.4, 0.5) is 0 Å². The van der Waals surface area contributed by atoms with E-state index >= 15 is 0 Å². The van der Waals surface area contributed by atoms with Crippen LogP contribution in [0.5, 0.6) is 0 Å². The van der Waals surface area contributed by atoms with Gasteiger partial charge in [-0.05, 0) is 47.8 Å². The van der Waals surface area contributed by atoms with E-state index in [4.69, 9.17) is 0 Å². The van der Waals surface area contributed by atoms with Crippen LogP contribution in [-0.4, -0.2) is 0 Å². The predicted octanol–water partition coefficient (Wildman–Crippen LogP) is 5.35. The number of hydrogen-bond acceptors (Lipinski definition) is 0. The first-order chi connectivity index (χ1) is 12.3. The summed E-state index contributed by atoms with van der Waals surface area (Å²) < 4.78 is 0. The van der Waals surface area contributed by atoms with Crippen molar-refractivity contribution < 1.29 is 0 Å². The smallest absolute Gasteiger partial charge is 0.0134 e. The molecule has 0 nitrogen and oxygen atoms in total. The third-order valence-corrected chi connectivity index (χ3v) is 6.92. The van der Waals surface area contributed by atoms with E-state index in [9.17, 15) is 0 Å². The molecule has 1 heteroatoms. The standard InChI is InChI=1S/C24H27P/c1-3-8-20-12-16-23(17-13-20)25(22-10-6-5-7-11-22)24-18-14-21(9-4-2)15-19-24/h5-7,10-19H,3-4,8-9H2,1-2H3. The average molecular weight is 346 g/mol. The van der Waals surface area contributed by atoms with E-state index < -0.39 is 7.92 Å². The fourth-order valence-electron chi connectivity index (χ4n) is 3.23. The van der Waals surface area contributed by atoms with Crippen molar-refractivity contribution in [1.82, 2.24) is 0 Å². The molecule has 0 saturated carbocycles. The quantitative estimate of drug-likeness (QED) is 0.506. The molecule has 0 amide bonds. The first-order valence-corrected chi connectivity index (χ1v) is 10.7. The Balaban J connectivity index is 1.98. The van der Waals surface area contributed by atoms with Crippen LogP contribution in [0.1, 0.15) is 37.8 Å². The van der Waals surface area contributed by atoms with Gasteiger partial charge in [-0.2, -0.15) is 0 Å². The number of hydrogen-bond donors (Lipinski definition) is 0. The van der Waals surface area contributed by atoms with E-state index in [1.54, 1.807) is 0 Å². The molecule has 0 aliphatic carbocycles. The zero-order chi connectivity index (χ0) is 17.5. The molecule has 0 fully saturated rings. The highest BCUT2D eigenvalue weighted by Gasteiger charge is 2.16. The maximum atomic E-state index is 2.34. The van der Waals surface area contributed by atoms with Gasteiger partial charge in [0.15, 0.2) is 0 Å². The second-order valence-corrected chi connectivity index (χ2v) is 8.72. The van der Waals surface area contributed by atoms with Crippen molar-refractivity contribution in [3.8, 4) is 0 Å². The maximum absolute atomic E-state index is 2.34. The van der Waals surface area contributed by atoms with Crippen molar-refractivity contribution >= 4 is 23.8 Å². The minimum atomic E-state index is -0.489. The van der Waals surface area contributed by atoms with Gasteiger partial charge in [-0.3, -0.25) is 0 Å². The van der Waals surface area contributed by atoms with Crippen LogP contribution in [0.25, 0.3) is 0 Å². The van der Waals surface area contributed by atoms with Crippen LogP contribution in [-0.2, 0) is 12.8 Å². The molecule has 0 unspecified atom stereocenters. The lowest BCUT2D eigenvalue weighted by Gasteiger charge is -2.20. The van der Waals surface area contributed by atoms with Crippen molar-refractivity contribution in [3.05, 3.63) is 90.0 Å². The molecule has 0 aliphatic rings. The lowest BCUT2D eigenvalue weighted by molar-refractivity contribution is 0.922. The molecule has 0 saturated heterocycles. The summed E-state index contributed by atoms with van der Waals surface area (Å²) in [5, 5.41) is 4.29. The third kappa shape index (κ3) is 4.59. The van der Waals surface area contributed by atoms with Crippen molar-refractivity contribution in [2.24, 2.45) is 0 Å². The average Bonchev–Trinajstić information content (AvgIpc) is 2.66. The van der Waals surface area contributed by atoms with Gasteiger partial charge in [0.2, 0.25) is 0 Å². The number of rotatable bonds is 7. The van der Waals surface area contributed by atoms with Crippen molar-refractivity contribution in [1.29, 1.82) is 0 Å². The number of aryl methyl sites for hydroxylation is 2. The first-order valence-electron chi connectivity index (χ1n) is 9.35. The molecule has 3 rings (SSSR count). The Hall–Kier alpha value is -1.91. The summed E-state index contributed by atoms with van der Waals surface area (Å²) in [5.74, 6) is 0. The molecule has 0 heterocycles. The maximum Gasteiger partial charge on any atom is -0.0134 e. The van der Waals surface area contributed by atoms with Crippen LogP contribution >= 0.6 is 7.92 Å². The van der Waals surface area contributed by atoms with Gasteiger partial charge >= 0.3 is 0 Å². The Kier molecular flexibility index (Phi) is 6.42. The molecule has 0 bridgehead atoms. The molecular weight excluding hydrogens is 319 g/mol. The summed E-state index contributed by atoms with van der Waals surface area (Å²) in [4.78, 5) is 0. The van der Waals surface area contributed by atoms with Crippen LogP contribution in [0.2, 0.25) is 0 Å². The predicted molar refractivity (Wildman–Crippen MR) is 113 cm³/mol. The molecular formula is C24H27P. The Morgan fingerprint density at radius 1 is 0.520 bits per heavy atom. The summed E-state index contributed by atoms with van der Waals surface area (Å²) in [5.41, 5.74) is 2.88. The molecule has 0 spiro atoms. The lowest BCUT2D eigenvalue weighted by atomic mass is 10.1. The van der Waals surface area contributed by atoms with Gasteiger partial charge in [0.1, 0.15) is 0 Å². The highest BCUT2D eigenvalue weighted by Crippen LogP contribution is 2.32. The lowest BCUT2D eigenvalue weighted by Crippen LogP contribution is -2.20. The van der Waals surface area contributed by atoms with Crippen molar-refractivity contribution in [2.75, 3.05) is 0 Å². The Labute approximate surface area is 153 Å². The molecule has 3 aromatic rings. The second kappa shape index (κ2) is 8.97. The van der Waals surface area contributed by atoms with Gasteiger partial charge in [-0.15, -0.1) is 0 Å². The Bertz CT molecular complexity index is 708. The molecule has 128 valence electrons. The zero-order valence-corrected chi connectivity index (χ0v) is 16.2. The summed E-state index contributed by atoms with van der Waals surface area (Å²) >= 11 is 0. The van der Waals surface area contributed by atoms with Crippen LogP contribution in [0.15, 0.2) is 78.9 Å². The van der Waals surface area contributed by atoms with Crippen molar-refractivity contribution in [3.63, 3.8) is 0 Å². The van der Waals surface area contributed by atoms with Gasteiger partial charge in [0, 0.05) is 0 Å². The minimum absolute atomic E-state index is 0.489. The molecule has 0 radical (unpaired) electrons. The van der Waals surface area contributed by atoms with Gasteiger partial charge < -0.3 is 0 Å². The van der Waals surface area contributed by atoms with Crippen molar-refractivity contribution in [2.45, 2.75) is 39.5 Å². The highest BCUT2D eigenvalue weighted by atomic mass is 31.1. The third-order valence-electron chi connectivity index (χ3n) is 4.48. The summed E-state index contributed by atoms with van der Waals surface area (Å²) in [7, 11) is -0.489. The summed E-state index contributed by atoms with van der Waals surface area (Å²) in [6, 6.07) is 29.5. The van der Waals surface area contributed by atoms with Gasteiger partial charge in [-0.1, -0.05) is 106 Å². The molecule has 0 N–H and O–H groups in total. The fraction of sp³-hybridized carbons (Fsp3) is 0.250. The molecule has 25 heavy (non-hydrogen) atoms. The minimum Gasteiger partial charge on any atom is -0.0651 e. The highest BCUT2D eigenvalue weighted by molar-refractivity contribution is 7.79. The monoisotopic (exact) mass is 346 g/mol. The van der Waals surface area contributed by atoms with E-state index in [2.05, 4.69) is 92.7 Å². The van der Waals surface area contributed by atoms with Gasteiger partial charge in [-0.25, -0.2) is 0 Å². The molecule has 0 atom stereocenters. The largest absolute Gasteiger partial charge is 0.0651 e. The molecule has 0 aromatic heterocycles. The van der Waals surface area contributed by atoms with E-state index in [1.807, 2.05) is 0 Å². The van der Waals surface area contributed by atoms with Crippen LogP contribution in [0, 0.1) is 0 Å². The SMILES string of the molecule is CCCc1ccc(P(c2ccccc2)c2ccc(CCC)cc2)cc1. The van der Waals surface area contributed by atoms with E-state index in [-0.39, 0.29) is 0 Å². The van der Waals surface area contributed by atoms with E-state index in [0.717, 1.165) is 12.8 Å². The summed E-state index contributed by atoms with van der Waals surface area (Å²) in [6.45, 7) is 4.48. The van der Waals surface area contributed by atoms with Crippen LogP contribution < -0.4 is 15.9 Å². The fourth-order valence-corrected chi connectivity index (χ4v) is 5.48. The van der Waals surface area contributed by atoms with Gasteiger partial charge in [0.25, 0.3) is 0 Å². The first kappa shape index (κ1) is 17.9.